The van der Waals surface area contributed by atoms with E-state index >= 15 is 0 Å². The van der Waals surface area contributed by atoms with Crippen LogP contribution < -0.4 is 15.2 Å². The Morgan fingerprint density at radius 2 is 1.85 bits per heavy atom. The Morgan fingerprint density at radius 1 is 1.12 bits per heavy atom. The van der Waals surface area contributed by atoms with Crippen LogP contribution in [0.15, 0.2) is 48.0 Å². The minimum absolute atomic E-state index is 0.0477. The molecule has 1 heterocycles. The first-order valence-corrected chi connectivity index (χ1v) is 8.46. The van der Waals surface area contributed by atoms with E-state index in [0.29, 0.717) is 23.6 Å². The number of para-hydroxylation sites is 1. The molecule has 0 bridgehead atoms. The van der Waals surface area contributed by atoms with E-state index in [-0.39, 0.29) is 11.3 Å². The molecule has 6 heteroatoms. The molecular formula is C20H20N2O4. The molecule has 0 saturated carbocycles. The summed E-state index contributed by atoms with van der Waals surface area (Å²) in [6.45, 7) is 4.25. The van der Waals surface area contributed by atoms with Crippen LogP contribution in [0.5, 0.6) is 11.5 Å². The highest BCUT2D eigenvalue weighted by Gasteiger charge is 2.34. The number of phenols is 1. The van der Waals surface area contributed by atoms with Gasteiger partial charge in [-0.25, -0.2) is 5.01 Å². The molecule has 0 spiro atoms. The molecule has 0 atom stereocenters. The molecule has 0 aromatic heterocycles. The minimum Gasteiger partial charge on any atom is -0.504 e. The smallest absolute Gasteiger partial charge is 0.282 e. The third-order valence-corrected chi connectivity index (χ3v) is 4.12. The van der Waals surface area contributed by atoms with Crippen molar-refractivity contribution in [1.29, 1.82) is 0 Å². The van der Waals surface area contributed by atoms with Crippen molar-refractivity contribution < 1.29 is 19.4 Å². The number of nitrogens with zero attached hydrogens (tertiary/aromatic N) is 1. The molecule has 0 aliphatic carbocycles. The molecule has 134 valence electrons. The zero-order valence-corrected chi connectivity index (χ0v) is 14.7. The molecule has 1 aliphatic rings. The number of rotatable bonds is 5. The van der Waals surface area contributed by atoms with E-state index in [2.05, 4.69) is 5.43 Å². The van der Waals surface area contributed by atoms with Crippen molar-refractivity contribution in [1.82, 2.24) is 5.43 Å². The van der Waals surface area contributed by atoms with Gasteiger partial charge in [0.2, 0.25) is 0 Å². The summed E-state index contributed by atoms with van der Waals surface area (Å²) in [4.78, 5) is 24.9. The summed E-state index contributed by atoms with van der Waals surface area (Å²) < 4.78 is 5.33. The number of benzene rings is 2. The zero-order valence-electron chi connectivity index (χ0n) is 14.7. The zero-order chi connectivity index (χ0) is 18.7. The van der Waals surface area contributed by atoms with E-state index in [1.807, 2.05) is 19.1 Å². The minimum atomic E-state index is -0.518. The lowest BCUT2D eigenvalue weighted by Crippen LogP contribution is -2.35. The van der Waals surface area contributed by atoms with Gasteiger partial charge in [0.05, 0.1) is 12.3 Å². The van der Waals surface area contributed by atoms with Crippen LogP contribution in [0.1, 0.15) is 25.0 Å². The number of nitrogens with one attached hydrogen (secondary N) is 1. The lowest BCUT2D eigenvalue weighted by Gasteiger charge is -2.14. The van der Waals surface area contributed by atoms with Crippen molar-refractivity contribution in [2.24, 2.45) is 0 Å². The van der Waals surface area contributed by atoms with Gasteiger partial charge >= 0.3 is 0 Å². The quantitative estimate of drug-likeness (QED) is 0.641. The van der Waals surface area contributed by atoms with E-state index in [4.69, 9.17) is 4.74 Å². The molecule has 2 N–H and O–H groups in total. The molecule has 26 heavy (non-hydrogen) atoms. The average Bonchev–Trinajstić information content (AvgIpc) is 2.93. The lowest BCUT2D eigenvalue weighted by molar-refractivity contribution is -0.117. The molecular weight excluding hydrogens is 332 g/mol. The Morgan fingerprint density at radius 3 is 2.50 bits per heavy atom. The third-order valence-electron chi connectivity index (χ3n) is 4.12. The summed E-state index contributed by atoms with van der Waals surface area (Å²) >= 11 is 0. The van der Waals surface area contributed by atoms with E-state index in [1.165, 1.54) is 11.1 Å². The summed E-state index contributed by atoms with van der Waals surface area (Å²) in [5, 5.41) is 11.5. The summed E-state index contributed by atoms with van der Waals surface area (Å²) in [5.74, 6) is -0.788. The third kappa shape index (κ3) is 3.26. The molecule has 1 aliphatic heterocycles. The van der Waals surface area contributed by atoms with Crippen LogP contribution >= 0.6 is 0 Å². The Bertz CT molecular complexity index is 872. The normalized spacial score (nSPS) is 15.5. The van der Waals surface area contributed by atoms with Crippen molar-refractivity contribution in [3.05, 3.63) is 59.2 Å². The average molecular weight is 352 g/mol. The second-order valence-corrected chi connectivity index (χ2v) is 5.79. The van der Waals surface area contributed by atoms with Crippen LogP contribution in [0.2, 0.25) is 0 Å². The van der Waals surface area contributed by atoms with E-state index in [9.17, 15) is 14.7 Å². The van der Waals surface area contributed by atoms with Gasteiger partial charge in [-0.2, -0.15) is 0 Å². The van der Waals surface area contributed by atoms with Gasteiger partial charge in [0.1, 0.15) is 5.57 Å². The topological polar surface area (TPSA) is 78.9 Å². The fraction of sp³-hybridized carbons (Fsp3) is 0.200. The number of hydrogen-bond acceptors (Lipinski definition) is 4. The first-order chi connectivity index (χ1) is 12.5. The van der Waals surface area contributed by atoms with Crippen LogP contribution in [-0.4, -0.2) is 23.5 Å². The first kappa shape index (κ1) is 17.5. The molecule has 6 nitrogen and oxygen atoms in total. The summed E-state index contributed by atoms with van der Waals surface area (Å²) in [6, 6.07) is 12.3. The monoisotopic (exact) mass is 352 g/mol. The lowest BCUT2D eigenvalue weighted by atomic mass is 10.1. The molecule has 0 radical (unpaired) electrons. The van der Waals surface area contributed by atoms with Gasteiger partial charge in [-0.15, -0.1) is 0 Å². The van der Waals surface area contributed by atoms with Crippen LogP contribution in [0, 0.1) is 0 Å². The van der Waals surface area contributed by atoms with Crippen molar-refractivity contribution in [3.63, 3.8) is 0 Å². The van der Waals surface area contributed by atoms with Crippen molar-refractivity contribution in [3.8, 4) is 11.5 Å². The second-order valence-electron chi connectivity index (χ2n) is 5.79. The number of hydrazine groups is 1. The maximum absolute atomic E-state index is 12.7. The van der Waals surface area contributed by atoms with Crippen molar-refractivity contribution in [2.45, 2.75) is 20.3 Å². The fourth-order valence-corrected chi connectivity index (χ4v) is 2.70. The number of carbonyl (C=O) groups excluding carboxylic acids is 2. The fourth-order valence-electron chi connectivity index (χ4n) is 2.70. The van der Waals surface area contributed by atoms with Gasteiger partial charge in [-0.05, 0) is 43.2 Å². The number of hydrogen-bond donors (Lipinski definition) is 2. The summed E-state index contributed by atoms with van der Waals surface area (Å²) in [6.07, 6.45) is 2.26. The van der Waals surface area contributed by atoms with Crippen LogP contribution in [-0.2, 0) is 16.0 Å². The van der Waals surface area contributed by atoms with Crippen LogP contribution in [0.3, 0.4) is 0 Å². The van der Waals surface area contributed by atoms with Gasteiger partial charge in [-0.1, -0.05) is 31.2 Å². The number of aromatic hydroxyl groups is 1. The summed E-state index contributed by atoms with van der Waals surface area (Å²) in [7, 11) is 0. The van der Waals surface area contributed by atoms with E-state index < -0.39 is 11.8 Å². The maximum Gasteiger partial charge on any atom is 0.282 e. The number of carbonyl (C=O) groups is 2. The highest BCUT2D eigenvalue weighted by molar-refractivity contribution is 6.31. The number of aryl methyl sites for hydroxylation is 1. The number of anilines is 1. The summed E-state index contributed by atoms with van der Waals surface area (Å²) in [5.41, 5.74) is 4.57. The predicted octanol–water partition coefficient (Wildman–Crippen LogP) is 2.81. The standard InChI is InChI=1S/C20H20N2O4/c1-3-13-8-10-15(11-9-13)22-20(25)16(19(24)21-22)12-14-6-5-7-17(18(14)23)26-4-2/h5-12,23H,3-4H2,1-2H3,(H,21,24)/b16-12+. The van der Waals surface area contributed by atoms with Crippen LogP contribution in [0.4, 0.5) is 5.69 Å². The van der Waals surface area contributed by atoms with Gasteiger partial charge in [0.25, 0.3) is 11.8 Å². The van der Waals surface area contributed by atoms with Crippen LogP contribution in [0.25, 0.3) is 6.08 Å². The SMILES string of the molecule is CCOc1cccc(/C=C2\C(=O)NN(c3ccc(CC)cc3)C2=O)c1O. The molecule has 2 aromatic rings. The molecule has 1 fully saturated rings. The highest BCUT2D eigenvalue weighted by atomic mass is 16.5. The Hall–Kier alpha value is -3.28. The molecule has 2 amide bonds. The van der Waals surface area contributed by atoms with Gasteiger partial charge in [0, 0.05) is 5.56 Å². The Labute approximate surface area is 151 Å². The first-order valence-electron chi connectivity index (χ1n) is 8.46. The molecule has 2 aromatic carbocycles. The Kier molecular flexibility index (Phi) is 4.93. The maximum atomic E-state index is 12.7. The van der Waals surface area contributed by atoms with Gasteiger partial charge in [0.15, 0.2) is 11.5 Å². The van der Waals surface area contributed by atoms with E-state index in [0.717, 1.165) is 12.0 Å². The molecule has 3 rings (SSSR count). The predicted molar refractivity (Wildman–Crippen MR) is 98.7 cm³/mol. The number of amides is 2. The Balaban J connectivity index is 1.91. The largest absolute Gasteiger partial charge is 0.504 e. The number of phenolic OH excluding ortho intramolecular Hbond substituents is 1. The highest BCUT2D eigenvalue weighted by Crippen LogP contribution is 2.32. The van der Waals surface area contributed by atoms with Crippen molar-refractivity contribution >= 4 is 23.6 Å². The van der Waals surface area contributed by atoms with Crippen molar-refractivity contribution in [2.75, 3.05) is 11.6 Å². The van der Waals surface area contributed by atoms with Gasteiger partial charge < -0.3 is 9.84 Å². The molecule has 1 saturated heterocycles. The van der Waals surface area contributed by atoms with E-state index in [1.54, 1.807) is 37.3 Å². The number of ether oxygens (including phenoxy) is 1. The second kappa shape index (κ2) is 7.31. The molecule has 0 unspecified atom stereocenters. The van der Waals surface area contributed by atoms with Gasteiger partial charge in [-0.3, -0.25) is 15.0 Å².